The Morgan fingerprint density at radius 2 is 1.96 bits per heavy atom. The molecule has 23 heavy (non-hydrogen) atoms. The van der Waals surface area contributed by atoms with Crippen LogP contribution in [0.3, 0.4) is 0 Å². The van der Waals surface area contributed by atoms with Gasteiger partial charge in [-0.25, -0.2) is 0 Å². The Labute approximate surface area is 145 Å². The molecule has 0 saturated heterocycles. The number of hydrogen-bond acceptors (Lipinski definition) is 6. The molecule has 0 fully saturated rings. The maximum absolute atomic E-state index is 12.5. The highest BCUT2D eigenvalue weighted by molar-refractivity contribution is 8.00. The largest absolute Gasteiger partial charge is 0.487 e. The predicted octanol–water partition coefficient (Wildman–Crippen LogP) is 3.44. The Hall–Kier alpha value is -1.51. The van der Waals surface area contributed by atoms with Gasteiger partial charge in [0.2, 0.25) is 0 Å². The predicted molar refractivity (Wildman–Crippen MR) is 96.4 cm³/mol. The zero-order valence-corrected chi connectivity index (χ0v) is 15.8. The molecule has 124 valence electrons. The number of thioether (sulfide) groups is 1. The van der Waals surface area contributed by atoms with Crippen LogP contribution in [0.25, 0.3) is 0 Å². The molecule has 0 atom stereocenters. The SMILES string of the molecule is COc1sc(SC)cc1C=NN(C)S(=O)(=O)c1ccc(C)cc1. The summed E-state index contributed by atoms with van der Waals surface area (Å²) < 4.78 is 32.3. The van der Waals surface area contributed by atoms with E-state index in [-0.39, 0.29) is 4.90 Å². The molecule has 1 aromatic heterocycles. The van der Waals surface area contributed by atoms with Crippen LogP contribution in [-0.2, 0) is 10.0 Å². The summed E-state index contributed by atoms with van der Waals surface area (Å²) in [5, 5.41) is 4.77. The van der Waals surface area contributed by atoms with Crippen LogP contribution in [0, 0.1) is 6.92 Å². The Morgan fingerprint density at radius 1 is 1.30 bits per heavy atom. The van der Waals surface area contributed by atoms with Gasteiger partial charge in [0, 0.05) is 12.6 Å². The van der Waals surface area contributed by atoms with Crippen molar-refractivity contribution in [1.82, 2.24) is 4.41 Å². The highest BCUT2D eigenvalue weighted by atomic mass is 32.2. The highest BCUT2D eigenvalue weighted by Gasteiger charge is 2.19. The van der Waals surface area contributed by atoms with E-state index >= 15 is 0 Å². The lowest BCUT2D eigenvalue weighted by molar-refractivity contribution is 0.426. The van der Waals surface area contributed by atoms with Crippen molar-refractivity contribution in [1.29, 1.82) is 0 Å². The van der Waals surface area contributed by atoms with E-state index in [1.807, 2.05) is 19.2 Å². The molecular weight excluding hydrogens is 352 g/mol. The van der Waals surface area contributed by atoms with Gasteiger partial charge in [0.05, 0.1) is 22.4 Å². The van der Waals surface area contributed by atoms with Gasteiger partial charge in [-0.1, -0.05) is 29.0 Å². The number of sulfonamides is 1. The summed E-state index contributed by atoms with van der Waals surface area (Å²) >= 11 is 3.10. The lowest BCUT2D eigenvalue weighted by atomic mass is 10.2. The Bertz CT molecular complexity index is 796. The molecule has 0 amide bonds. The van der Waals surface area contributed by atoms with E-state index in [0.717, 1.165) is 19.8 Å². The molecule has 0 unspecified atom stereocenters. The number of hydrazone groups is 1. The van der Waals surface area contributed by atoms with Crippen LogP contribution in [0.4, 0.5) is 0 Å². The number of nitrogens with zero attached hydrogens (tertiary/aromatic N) is 2. The third kappa shape index (κ3) is 4.07. The molecule has 0 aliphatic rings. The first-order valence-corrected chi connectivity index (χ1v) is 10.2. The molecular formula is C15H18N2O3S3. The molecule has 0 aliphatic heterocycles. The van der Waals surface area contributed by atoms with E-state index in [0.29, 0.717) is 5.06 Å². The summed E-state index contributed by atoms with van der Waals surface area (Å²) in [6.07, 6.45) is 3.47. The number of methoxy groups -OCH3 is 1. The zero-order chi connectivity index (χ0) is 17.0. The zero-order valence-electron chi connectivity index (χ0n) is 13.3. The minimum atomic E-state index is -3.65. The molecule has 0 N–H and O–H groups in total. The van der Waals surface area contributed by atoms with Crippen molar-refractivity contribution in [3.63, 3.8) is 0 Å². The van der Waals surface area contributed by atoms with Crippen LogP contribution in [0.5, 0.6) is 5.06 Å². The van der Waals surface area contributed by atoms with E-state index in [2.05, 4.69) is 5.10 Å². The Morgan fingerprint density at radius 3 is 2.52 bits per heavy atom. The molecule has 0 bridgehead atoms. The molecule has 1 heterocycles. The average Bonchev–Trinajstić information content (AvgIpc) is 2.95. The second kappa shape index (κ2) is 7.37. The smallest absolute Gasteiger partial charge is 0.278 e. The van der Waals surface area contributed by atoms with Crippen molar-refractivity contribution in [3.8, 4) is 5.06 Å². The van der Waals surface area contributed by atoms with Gasteiger partial charge in [-0.2, -0.15) is 17.9 Å². The third-order valence-electron chi connectivity index (χ3n) is 3.12. The maximum Gasteiger partial charge on any atom is 0.278 e. The van der Waals surface area contributed by atoms with Crippen LogP contribution in [0.15, 0.2) is 44.5 Å². The van der Waals surface area contributed by atoms with Gasteiger partial charge in [0.1, 0.15) is 0 Å². The van der Waals surface area contributed by atoms with Gasteiger partial charge in [-0.15, -0.1) is 11.8 Å². The fourth-order valence-corrected chi connectivity index (χ4v) is 4.23. The monoisotopic (exact) mass is 370 g/mol. The standard InChI is InChI=1S/C15H18N2O3S3/c1-11-5-7-13(8-6-11)23(18,19)17(2)16-10-12-9-14(21-4)22-15(12)20-3/h5-10H,1-4H3. The van der Waals surface area contributed by atoms with Crippen LogP contribution < -0.4 is 4.74 Å². The number of rotatable bonds is 6. The summed E-state index contributed by atoms with van der Waals surface area (Å²) in [5.74, 6) is 0. The van der Waals surface area contributed by atoms with Crippen molar-refractivity contribution in [2.45, 2.75) is 16.0 Å². The van der Waals surface area contributed by atoms with Crippen LogP contribution in [-0.4, -0.2) is 39.5 Å². The topological polar surface area (TPSA) is 59.0 Å². The van der Waals surface area contributed by atoms with Crippen LogP contribution >= 0.6 is 23.1 Å². The molecule has 8 heteroatoms. The summed E-state index contributed by atoms with van der Waals surface area (Å²) in [4.78, 5) is 0.213. The number of thiophene rings is 1. The molecule has 0 saturated carbocycles. The van der Waals surface area contributed by atoms with E-state index in [9.17, 15) is 8.42 Å². The second-order valence-corrected chi connectivity index (χ2v) is 8.78. The van der Waals surface area contributed by atoms with Crippen molar-refractivity contribution in [3.05, 3.63) is 41.5 Å². The van der Waals surface area contributed by atoms with Gasteiger partial charge in [0.25, 0.3) is 10.0 Å². The molecule has 5 nitrogen and oxygen atoms in total. The Kier molecular flexibility index (Phi) is 5.72. The maximum atomic E-state index is 12.5. The summed E-state index contributed by atoms with van der Waals surface area (Å²) in [7, 11) is -0.651. The molecule has 1 aromatic carbocycles. The fraction of sp³-hybridized carbons (Fsp3) is 0.267. The van der Waals surface area contributed by atoms with E-state index in [4.69, 9.17) is 4.74 Å². The van der Waals surface area contributed by atoms with Crippen molar-refractivity contribution >= 4 is 39.3 Å². The third-order valence-corrected chi connectivity index (χ3v) is 6.95. The van der Waals surface area contributed by atoms with Crippen molar-refractivity contribution in [2.75, 3.05) is 20.4 Å². The van der Waals surface area contributed by atoms with Gasteiger partial charge in [0.15, 0.2) is 5.06 Å². The molecule has 2 rings (SSSR count). The molecule has 0 aliphatic carbocycles. The van der Waals surface area contributed by atoms with Crippen LogP contribution in [0.2, 0.25) is 0 Å². The first-order chi connectivity index (χ1) is 10.9. The number of ether oxygens (including phenoxy) is 1. The number of aryl methyl sites for hydroxylation is 1. The minimum absolute atomic E-state index is 0.213. The van der Waals surface area contributed by atoms with Gasteiger partial charge >= 0.3 is 0 Å². The number of hydrogen-bond donors (Lipinski definition) is 0. The Balaban J connectivity index is 2.25. The van der Waals surface area contributed by atoms with E-state index in [1.54, 1.807) is 43.1 Å². The minimum Gasteiger partial charge on any atom is -0.487 e. The second-order valence-electron chi connectivity index (χ2n) is 4.71. The summed E-state index contributed by atoms with van der Waals surface area (Å²) in [5.41, 5.74) is 1.76. The lowest BCUT2D eigenvalue weighted by Gasteiger charge is -2.13. The lowest BCUT2D eigenvalue weighted by Crippen LogP contribution is -2.21. The molecule has 0 radical (unpaired) electrons. The summed E-state index contributed by atoms with van der Waals surface area (Å²) in [6.45, 7) is 1.91. The number of benzene rings is 1. The molecule has 0 spiro atoms. The fourth-order valence-electron chi connectivity index (χ4n) is 1.78. The van der Waals surface area contributed by atoms with Gasteiger partial charge in [-0.3, -0.25) is 0 Å². The first kappa shape index (κ1) is 17.8. The van der Waals surface area contributed by atoms with E-state index < -0.39 is 10.0 Å². The summed E-state index contributed by atoms with van der Waals surface area (Å²) in [6, 6.07) is 8.60. The average molecular weight is 371 g/mol. The van der Waals surface area contributed by atoms with Gasteiger partial charge in [-0.05, 0) is 31.4 Å². The van der Waals surface area contributed by atoms with Crippen molar-refractivity contribution in [2.24, 2.45) is 5.10 Å². The van der Waals surface area contributed by atoms with E-state index in [1.165, 1.54) is 24.6 Å². The first-order valence-electron chi connectivity index (χ1n) is 6.70. The van der Waals surface area contributed by atoms with Crippen molar-refractivity contribution < 1.29 is 13.2 Å². The highest BCUT2D eigenvalue weighted by Crippen LogP contribution is 2.34. The molecule has 2 aromatic rings. The quantitative estimate of drug-likeness (QED) is 0.444. The van der Waals surface area contributed by atoms with Gasteiger partial charge < -0.3 is 4.74 Å². The van der Waals surface area contributed by atoms with Crippen LogP contribution in [0.1, 0.15) is 11.1 Å². The normalized spacial score (nSPS) is 11.8.